The molecule has 0 unspecified atom stereocenters. The molecule has 0 aliphatic rings. The van der Waals surface area contributed by atoms with E-state index in [2.05, 4.69) is 17.5 Å². The molecule has 138 valence electrons. The molecule has 0 spiro atoms. The second-order valence-electron chi connectivity index (χ2n) is 5.65. The minimum absolute atomic E-state index is 0.203. The van der Waals surface area contributed by atoms with Crippen molar-refractivity contribution in [2.45, 2.75) is 26.7 Å². The standard InChI is InChI=1S/C20H24N2O4/c1-3-10-25-18-9-8-16(19(13-18)26-11-4-2)14-21-22-17-7-5-6-15(12-17)20(23)24/h5-9,12-14,22H,3-4,10-11H2,1-2H3,(H,23,24)/b21-14+. The number of anilines is 1. The van der Waals surface area contributed by atoms with Crippen LogP contribution < -0.4 is 14.9 Å². The van der Waals surface area contributed by atoms with Gasteiger partial charge in [-0.15, -0.1) is 0 Å². The van der Waals surface area contributed by atoms with Gasteiger partial charge in [-0.3, -0.25) is 5.43 Å². The molecule has 2 aromatic carbocycles. The van der Waals surface area contributed by atoms with Crippen LogP contribution in [0, 0.1) is 0 Å². The summed E-state index contributed by atoms with van der Waals surface area (Å²) in [6, 6.07) is 12.1. The topological polar surface area (TPSA) is 80.2 Å². The van der Waals surface area contributed by atoms with Gasteiger partial charge in [-0.05, 0) is 43.2 Å². The third kappa shape index (κ3) is 5.81. The fraction of sp³-hybridized carbons (Fsp3) is 0.300. The van der Waals surface area contributed by atoms with Crippen molar-refractivity contribution in [3.63, 3.8) is 0 Å². The number of rotatable bonds is 10. The summed E-state index contributed by atoms with van der Waals surface area (Å²) in [5, 5.41) is 13.2. The largest absolute Gasteiger partial charge is 0.493 e. The first-order chi connectivity index (χ1) is 12.6. The van der Waals surface area contributed by atoms with E-state index >= 15 is 0 Å². The number of nitrogens with zero attached hydrogens (tertiary/aromatic N) is 1. The van der Waals surface area contributed by atoms with Gasteiger partial charge >= 0.3 is 5.97 Å². The molecule has 2 aromatic rings. The molecule has 0 aliphatic carbocycles. The van der Waals surface area contributed by atoms with Crippen molar-refractivity contribution < 1.29 is 19.4 Å². The third-order valence-corrected chi connectivity index (χ3v) is 3.43. The van der Waals surface area contributed by atoms with Crippen molar-refractivity contribution in [1.29, 1.82) is 0 Å². The minimum Gasteiger partial charge on any atom is -0.493 e. The number of ether oxygens (including phenoxy) is 2. The number of carboxylic acids is 1. The Morgan fingerprint density at radius 1 is 1.12 bits per heavy atom. The van der Waals surface area contributed by atoms with E-state index in [1.165, 1.54) is 12.1 Å². The van der Waals surface area contributed by atoms with Crippen LogP contribution >= 0.6 is 0 Å². The summed E-state index contributed by atoms with van der Waals surface area (Å²) in [6.45, 7) is 5.36. The Bertz CT molecular complexity index is 759. The van der Waals surface area contributed by atoms with Crippen LogP contribution in [-0.4, -0.2) is 30.5 Å². The Morgan fingerprint density at radius 2 is 1.88 bits per heavy atom. The van der Waals surface area contributed by atoms with E-state index in [9.17, 15) is 4.79 Å². The molecular formula is C20H24N2O4. The average molecular weight is 356 g/mol. The molecule has 0 aliphatic heterocycles. The quantitative estimate of drug-likeness (QED) is 0.487. The van der Waals surface area contributed by atoms with Crippen LogP contribution in [0.15, 0.2) is 47.6 Å². The van der Waals surface area contributed by atoms with Crippen LogP contribution in [0.1, 0.15) is 42.6 Å². The van der Waals surface area contributed by atoms with Gasteiger partial charge in [-0.2, -0.15) is 5.10 Å². The number of nitrogens with one attached hydrogen (secondary N) is 1. The monoisotopic (exact) mass is 356 g/mol. The van der Waals surface area contributed by atoms with Gasteiger partial charge < -0.3 is 14.6 Å². The Morgan fingerprint density at radius 3 is 2.62 bits per heavy atom. The lowest BCUT2D eigenvalue weighted by molar-refractivity contribution is 0.0697. The second-order valence-corrected chi connectivity index (χ2v) is 5.65. The van der Waals surface area contributed by atoms with E-state index in [1.807, 2.05) is 25.1 Å². The Kier molecular flexibility index (Phi) is 7.49. The van der Waals surface area contributed by atoms with Gasteiger partial charge in [-0.1, -0.05) is 19.9 Å². The highest BCUT2D eigenvalue weighted by molar-refractivity contribution is 5.89. The number of carboxylic acid groups (broad SMARTS) is 1. The summed E-state index contributed by atoms with van der Waals surface area (Å²) in [6.07, 6.45) is 3.48. The fourth-order valence-electron chi connectivity index (χ4n) is 2.17. The first kappa shape index (κ1) is 19.3. The fourth-order valence-corrected chi connectivity index (χ4v) is 2.17. The van der Waals surface area contributed by atoms with Crippen molar-refractivity contribution in [2.24, 2.45) is 5.10 Å². The maximum absolute atomic E-state index is 11.0. The average Bonchev–Trinajstić information content (AvgIpc) is 2.66. The smallest absolute Gasteiger partial charge is 0.335 e. The van der Waals surface area contributed by atoms with Gasteiger partial charge in [0.05, 0.1) is 30.7 Å². The molecule has 6 heteroatoms. The Labute approximate surface area is 153 Å². The summed E-state index contributed by atoms with van der Waals surface area (Å²) >= 11 is 0. The van der Waals surface area contributed by atoms with Gasteiger partial charge in [0.25, 0.3) is 0 Å². The zero-order valence-corrected chi connectivity index (χ0v) is 15.1. The molecule has 0 radical (unpaired) electrons. The molecule has 0 saturated carbocycles. The summed E-state index contributed by atoms with van der Waals surface area (Å²) in [5.41, 5.74) is 4.45. The zero-order valence-electron chi connectivity index (χ0n) is 15.1. The van der Waals surface area contributed by atoms with Crippen LogP contribution in [0.4, 0.5) is 5.69 Å². The summed E-state index contributed by atoms with van der Waals surface area (Å²) < 4.78 is 11.4. The van der Waals surface area contributed by atoms with E-state index in [1.54, 1.807) is 18.3 Å². The maximum Gasteiger partial charge on any atom is 0.335 e. The molecule has 0 saturated heterocycles. The number of hydrogen-bond acceptors (Lipinski definition) is 5. The molecular weight excluding hydrogens is 332 g/mol. The number of hydrogen-bond donors (Lipinski definition) is 2. The molecule has 0 atom stereocenters. The van der Waals surface area contributed by atoms with Gasteiger partial charge in [0, 0.05) is 11.6 Å². The van der Waals surface area contributed by atoms with Crippen LogP contribution in [-0.2, 0) is 0 Å². The number of aromatic carboxylic acids is 1. The zero-order chi connectivity index (χ0) is 18.8. The maximum atomic E-state index is 11.0. The van der Waals surface area contributed by atoms with Crippen LogP contribution in [0.25, 0.3) is 0 Å². The highest BCUT2D eigenvalue weighted by atomic mass is 16.5. The van der Waals surface area contributed by atoms with Crippen LogP contribution in [0.5, 0.6) is 11.5 Å². The van der Waals surface area contributed by atoms with E-state index in [0.29, 0.717) is 24.7 Å². The predicted octanol–water partition coefficient (Wildman–Crippen LogP) is 4.41. The van der Waals surface area contributed by atoms with Gasteiger partial charge in [-0.25, -0.2) is 4.79 Å². The third-order valence-electron chi connectivity index (χ3n) is 3.43. The van der Waals surface area contributed by atoms with Gasteiger partial charge in [0.2, 0.25) is 0 Å². The Hall–Kier alpha value is -3.02. The molecule has 0 fully saturated rings. The number of carbonyl (C=O) groups is 1. The van der Waals surface area contributed by atoms with E-state index < -0.39 is 5.97 Å². The van der Waals surface area contributed by atoms with E-state index in [0.717, 1.165) is 24.2 Å². The molecule has 6 nitrogen and oxygen atoms in total. The normalized spacial score (nSPS) is 10.7. The van der Waals surface area contributed by atoms with Crippen molar-refractivity contribution >= 4 is 17.9 Å². The lowest BCUT2D eigenvalue weighted by atomic mass is 10.2. The first-order valence-electron chi connectivity index (χ1n) is 8.66. The molecule has 2 rings (SSSR count). The molecule has 0 aromatic heterocycles. The minimum atomic E-state index is -0.976. The van der Waals surface area contributed by atoms with Crippen molar-refractivity contribution in [1.82, 2.24) is 0 Å². The highest BCUT2D eigenvalue weighted by Gasteiger charge is 2.05. The van der Waals surface area contributed by atoms with Crippen molar-refractivity contribution in [3.8, 4) is 11.5 Å². The van der Waals surface area contributed by atoms with Crippen LogP contribution in [0.2, 0.25) is 0 Å². The molecule has 0 amide bonds. The molecule has 26 heavy (non-hydrogen) atoms. The van der Waals surface area contributed by atoms with E-state index in [-0.39, 0.29) is 5.56 Å². The summed E-state index contributed by atoms with van der Waals surface area (Å²) in [7, 11) is 0. The summed E-state index contributed by atoms with van der Waals surface area (Å²) in [5.74, 6) is 0.484. The lowest BCUT2D eigenvalue weighted by Gasteiger charge is -2.11. The summed E-state index contributed by atoms with van der Waals surface area (Å²) in [4.78, 5) is 11.0. The predicted molar refractivity (Wildman–Crippen MR) is 103 cm³/mol. The van der Waals surface area contributed by atoms with Crippen molar-refractivity contribution in [2.75, 3.05) is 18.6 Å². The molecule has 2 N–H and O–H groups in total. The van der Waals surface area contributed by atoms with Gasteiger partial charge in [0.15, 0.2) is 0 Å². The SMILES string of the molecule is CCCOc1ccc(/C=N/Nc2cccc(C(=O)O)c2)c(OCCC)c1. The van der Waals surface area contributed by atoms with E-state index in [4.69, 9.17) is 14.6 Å². The first-order valence-corrected chi connectivity index (χ1v) is 8.66. The van der Waals surface area contributed by atoms with Crippen LogP contribution in [0.3, 0.4) is 0 Å². The number of benzene rings is 2. The number of hydrazone groups is 1. The Balaban J connectivity index is 2.12. The van der Waals surface area contributed by atoms with Gasteiger partial charge in [0.1, 0.15) is 11.5 Å². The molecule has 0 bridgehead atoms. The van der Waals surface area contributed by atoms with Crippen molar-refractivity contribution in [3.05, 3.63) is 53.6 Å². The molecule has 0 heterocycles. The lowest BCUT2D eigenvalue weighted by Crippen LogP contribution is -2.02. The second kappa shape index (κ2) is 10.1. The highest BCUT2D eigenvalue weighted by Crippen LogP contribution is 2.24.